The Labute approximate surface area is 125 Å². The Morgan fingerprint density at radius 2 is 1.62 bits per heavy atom. The third-order valence-electron chi connectivity index (χ3n) is 4.83. The van der Waals surface area contributed by atoms with E-state index in [2.05, 4.69) is 30.3 Å². The third kappa shape index (κ3) is 1.97. The Morgan fingerprint density at radius 1 is 0.857 bits per heavy atom. The zero-order chi connectivity index (χ0) is 14.3. The molecular weight excluding hydrogens is 260 g/mol. The topological polar surface area (TPSA) is 29.5 Å². The van der Waals surface area contributed by atoms with Crippen molar-refractivity contribution >= 4 is 0 Å². The lowest BCUT2D eigenvalue weighted by molar-refractivity contribution is 0.0575. The molecule has 0 bridgehead atoms. The first-order chi connectivity index (χ1) is 10.3. The molecule has 1 aliphatic heterocycles. The van der Waals surface area contributed by atoms with Gasteiger partial charge in [0.25, 0.3) is 0 Å². The summed E-state index contributed by atoms with van der Waals surface area (Å²) in [4.78, 5) is 0. The van der Waals surface area contributed by atoms with E-state index in [9.17, 15) is 5.11 Å². The van der Waals surface area contributed by atoms with Gasteiger partial charge in [0.2, 0.25) is 0 Å². The van der Waals surface area contributed by atoms with Crippen LogP contribution in [0.15, 0.2) is 42.5 Å². The number of rotatable bonds is 1. The average molecular weight is 280 g/mol. The lowest BCUT2D eigenvalue weighted by atomic mass is 9.74. The van der Waals surface area contributed by atoms with Crippen molar-refractivity contribution in [3.8, 4) is 5.75 Å². The van der Waals surface area contributed by atoms with Gasteiger partial charge in [-0.15, -0.1) is 0 Å². The fourth-order valence-electron chi connectivity index (χ4n) is 3.81. The summed E-state index contributed by atoms with van der Waals surface area (Å²) in [5.74, 6) is 0.919. The Hall–Kier alpha value is -1.80. The Kier molecular flexibility index (Phi) is 3.00. The molecule has 2 aliphatic rings. The van der Waals surface area contributed by atoms with Crippen LogP contribution in [0.4, 0.5) is 0 Å². The van der Waals surface area contributed by atoms with E-state index < -0.39 is 5.60 Å². The zero-order valence-corrected chi connectivity index (χ0v) is 12.1. The van der Waals surface area contributed by atoms with Crippen LogP contribution in [-0.4, -0.2) is 11.7 Å². The number of hydrogen-bond acceptors (Lipinski definition) is 2. The maximum absolute atomic E-state index is 11.5. The molecule has 2 aromatic carbocycles. The predicted molar refractivity (Wildman–Crippen MR) is 82.6 cm³/mol. The predicted octanol–water partition coefficient (Wildman–Crippen LogP) is 3.58. The SMILES string of the molecule is OC1(c2cccc3c2OCCC3)CCCc2ccccc21. The molecule has 0 fully saturated rings. The minimum absolute atomic E-state index is 0.752. The van der Waals surface area contributed by atoms with Gasteiger partial charge >= 0.3 is 0 Å². The molecular formula is C19H20O2. The van der Waals surface area contributed by atoms with Crippen molar-refractivity contribution in [3.05, 3.63) is 64.7 Å². The fourth-order valence-corrected chi connectivity index (χ4v) is 3.81. The molecule has 0 amide bonds. The van der Waals surface area contributed by atoms with Gasteiger partial charge in [-0.2, -0.15) is 0 Å². The first-order valence-electron chi connectivity index (χ1n) is 7.85. The molecule has 1 unspecified atom stereocenters. The second-order valence-corrected chi connectivity index (χ2v) is 6.12. The van der Waals surface area contributed by atoms with E-state index in [1.54, 1.807) is 0 Å². The van der Waals surface area contributed by atoms with Crippen LogP contribution in [0.2, 0.25) is 0 Å². The monoisotopic (exact) mass is 280 g/mol. The van der Waals surface area contributed by atoms with Crippen molar-refractivity contribution in [2.24, 2.45) is 0 Å². The minimum Gasteiger partial charge on any atom is -0.493 e. The number of hydrogen-bond donors (Lipinski definition) is 1. The van der Waals surface area contributed by atoms with E-state index >= 15 is 0 Å². The molecule has 0 radical (unpaired) electrons. The van der Waals surface area contributed by atoms with Gasteiger partial charge in [-0.3, -0.25) is 0 Å². The largest absolute Gasteiger partial charge is 0.493 e. The molecule has 0 spiro atoms. The Bertz CT molecular complexity index is 677. The first kappa shape index (κ1) is 12.9. The van der Waals surface area contributed by atoms with Gasteiger partial charge in [0.15, 0.2) is 0 Å². The summed E-state index contributed by atoms with van der Waals surface area (Å²) in [6.45, 7) is 0.752. The van der Waals surface area contributed by atoms with Crippen LogP contribution < -0.4 is 4.74 Å². The molecule has 21 heavy (non-hydrogen) atoms. The summed E-state index contributed by atoms with van der Waals surface area (Å²) < 4.78 is 5.93. The van der Waals surface area contributed by atoms with E-state index in [-0.39, 0.29) is 0 Å². The standard InChI is InChI=1S/C19H20O2/c20-19(12-4-8-14-6-1-2-10-16(14)19)17-11-3-7-15-9-5-13-21-18(15)17/h1-3,6-7,10-11,20H,4-5,8-9,12-13H2. The summed E-state index contributed by atoms with van der Waals surface area (Å²) in [5, 5.41) is 11.5. The van der Waals surface area contributed by atoms with Crippen molar-refractivity contribution in [1.82, 2.24) is 0 Å². The molecule has 0 saturated carbocycles. The maximum Gasteiger partial charge on any atom is 0.128 e. The number of aliphatic hydroxyl groups is 1. The molecule has 1 atom stereocenters. The van der Waals surface area contributed by atoms with Gasteiger partial charge in [-0.05, 0) is 48.8 Å². The second-order valence-electron chi connectivity index (χ2n) is 6.12. The molecule has 0 saturated heterocycles. The van der Waals surface area contributed by atoms with Crippen LogP contribution in [0.25, 0.3) is 0 Å². The lowest BCUT2D eigenvalue weighted by Crippen LogP contribution is -2.33. The second kappa shape index (κ2) is 4.88. The van der Waals surface area contributed by atoms with Crippen molar-refractivity contribution in [2.75, 3.05) is 6.61 Å². The van der Waals surface area contributed by atoms with E-state index in [1.165, 1.54) is 11.1 Å². The Balaban J connectivity index is 1.91. The summed E-state index contributed by atoms with van der Waals surface area (Å²) in [6, 6.07) is 14.5. The van der Waals surface area contributed by atoms with Gasteiger partial charge in [0.1, 0.15) is 11.4 Å². The number of ether oxygens (including phenoxy) is 1. The first-order valence-corrected chi connectivity index (χ1v) is 7.85. The molecule has 2 heteroatoms. The normalized spacial score (nSPS) is 23.9. The highest BCUT2D eigenvalue weighted by atomic mass is 16.5. The van der Waals surface area contributed by atoms with E-state index in [0.717, 1.165) is 55.6 Å². The summed E-state index contributed by atoms with van der Waals surface area (Å²) >= 11 is 0. The maximum atomic E-state index is 11.5. The summed E-state index contributed by atoms with van der Waals surface area (Å²) in [6.07, 6.45) is 4.93. The molecule has 1 heterocycles. The smallest absolute Gasteiger partial charge is 0.128 e. The minimum atomic E-state index is -0.905. The fraction of sp³-hybridized carbons (Fsp3) is 0.368. The van der Waals surface area contributed by atoms with Crippen LogP contribution >= 0.6 is 0 Å². The van der Waals surface area contributed by atoms with Gasteiger partial charge in [-0.1, -0.05) is 42.5 Å². The van der Waals surface area contributed by atoms with Crippen molar-refractivity contribution in [3.63, 3.8) is 0 Å². The number of fused-ring (bicyclic) bond motifs is 2. The van der Waals surface area contributed by atoms with E-state index in [0.29, 0.717) is 0 Å². The van der Waals surface area contributed by atoms with Crippen LogP contribution in [-0.2, 0) is 18.4 Å². The van der Waals surface area contributed by atoms with Gasteiger partial charge < -0.3 is 9.84 Å². The van der Waals surface area contributed by atoms with Crippen LogP contribution in [0.1, 0.15) is 41.5 Å². The molecule has 1 N–H and O–H groups in total. The molecule has 4 rings (SSSR count). The average Bonchev–Trinajstić information content (AvgIpc) is 2.55. The highest BCUT2D eigenvalue weighted by molar-refractivity contribution is 5.52. The highest BCUT2D eigenvalue weighted by Gasteiger charge is 2.39. The van der Waals surface area contributed by atoms with Crippen molar-refractivity contribution < 1.29 is 9.84 Å². The van der Waals surface area contributed by atoms with Crippen molar-refractivity contribution in [2.45, 2.75) is 37.7 Å². The van der Waals surface area contributed by atoms with E-state index in [1.807, 2.05) is 12.1 Å². The Morgan fingerprint density at radius 3 is 2.57 bits per heavy atom. The van der Waals surface area contributed by atoms with Crippen LogP contribution in [0.5, 0.6) is 5.75 Å². The number of para-hydroxylation sites is 1. The number of benzene rings is 2. The number of aryl methyl sites for hydroxylation is 2. The van der Waals surface area contributed by atoms with Gasteiger partial charge in [0.05, 0.1) is 6.61 Å². The molecule has 2 aromatic rings. The van der Waals surface area contributed by atoms with Crippen LogP contribution in [0.3, 0.4) is 0 Å². The summed E-state index contributed by atoms with van der Waals surface area (Å²) in [7, 11) is 0. The molecule has 2 nitrogen and oxygen atoms in total. The zero-order valence-electron chi connectivity index (χ0n) is 12.1. The highest BCUT2D eigenvalue weighted by Crippen LogP contribution is 2.45. The summed E-state index contributed by atoms with van der Waals surface area (Å²) in [5.41, 5.74) is 3.60. The quantitative estimate of drug-likeness (QED) is 0.865. The van der Waals surface area contributed by atoms with Crippen LogP contribution in [0, 0.1) is 0 Å². The lowest BCUT2D eigenvalue weighted by Gasteiger charge is -2.37. The third-order valence-corrected chi connectivity index (χ3v) is 4.83. The van der Waals surface area contributed by atoms with Gasteiger partial charge in [0, 0.05) is 5.56 Å². The molecule has 0 aromatic heterocycles. The van der Waals surface area contributed by atoms with Crippen molar-refractivity contribution in [1.29, 1.82) is 0 Å². The van der Waals surface area contributed by atoms with Gasteiger partial charge in [-0.25, -0.2) is 0 Å². The van der Waals surface area contributed by atoms with E-state index in [4.69, 9.17) is 4.74 Å². The molecule has 108 valence electrons. The molecule has 1 aliphatic carbocycles.